The number of fused-ring (bicyclic) bond motifs is 2. The molecule has 7 heteroatoms. The number of benzene rings is 3. The summed E-state index contributed by atoms with van der Waals surface area (Å²) < 4.78 is 33.8. The molecule has 0 aliphatic carbocycles. The maximum absolute atomic E-state index is 13.3. The van der Waals surface area contributed by atoms with Gasteiger partial charge in [0.2, 0.25) is 0 Å². The minimum Gasteiger partial charge on any atom is -0.483 e. The first-order valence-electron chi connectivity index (χ1n) is 11.1. The number of ether oxygens (including phenoxy) is 1. The van der Waals surface area contributed by atoms with Crippen LogP contribution in [-0.4, -0.2) is 38.9 Å². The zero-order valence-electron chi connectivity index (χ0n) is 18.5. The Morgan fingerprint density at radius 3 is 2.39 bits per heavy atom. The molecule has 0 saturated carbocycles. The second-order valence-corrected chi connectivity index (χ2v) is 10.4. The van der Waals surface area contributed by atoms with Gasteiger partial charge in [-0.2, -0.15) is 0 Å². The molecule has 0 spiro atoms. The van der Waals surface area contributed by atoms with E-state index in [0.717, 1.165) is 17.7 Å². The average molecular weight is 463 g/mol. The molecule has 2 aliphatic rings. The average Bonchev–Trinajstić information content (AvgIpc) is 3.28. The molecule has 0 bridgehead atoms. The second-order valence-electron chi connectivity index (χ2n) is 8.51. The van der Waals surface area contributed by atoms with E-state index in [1.165, 1.54) is 15.4 Å². The van der Waals surface area contributed by atoms with Crippen LogP contribution in [0, 0.1) is 6.92 Å². The van der Waals surface area contributed by atoms with Crippen molar-refractivity contribution in [2.24, 2.45) is 0 Å². The maximum atomic E-state index is 13.3. The quantitative estimate of drug-likeness (QED) is 0.580. The fourth-order valence-corrected chi connectivity index (χ4v) is 6.16. The largest absolute Gasteiger partial charge is 0.483 e. The van der Waals surface area contributed by atoms with Gasteiger partial charge in [0.1, 0.15) is 5.75 Å². The fraction of sp³-hybridized carbons (Fsp3) is 0.269. The van der Waals surface area contributed by atoms with Crippen LogP contribution in [0.25, 0.3) is 0 Å². The zero-order valence-corrected chi connectivity index (χ0v) is 19.3. The smallest absolute Gasteiger partial charge is 0.264 e. The molecule has 0 unspecified atom stereocenters. The molecular weight excluding hydrogens is 436 g/mol. The number of anilines is 1. The van der Waals surface area contributed by atoms with Crippen molar-refractivity contribution in [3.8, 4) is 5.75 Å². The molecule has 0 saturated heterocycles. The van der Waals surface area contributed by atoms with Gasteiger partial charge < -0.3 is 9.64 Å². The van der Waals surface area contributed by atoms with E-state index in [-0.39, 0.29) is 17.4 Å². The van der Waals surface area contributed by atoms with Crippen LogP contribution in [0.1, 0.15) is 22.3 Å². The fourth-order valence-electron chi connectivity index (χ4n) is 4.57. The molecule has 0 N–H and O–H groups in total. The zero-order chi connectivity index (χ0) is 23.0. The van der Waals surface area contributed by atoms with Crippen LogP contribution in [0.3, 0.4) is 0 Å². The Kier molecular flexibility index (Phi) is 5.58. The van der Waals surface area contributed by atoms with Crippen molar-refractivity contribution in [2.75, 3.05) is 24.0 Å². The number of carbonyl (C=O) groups excluding carboxylic acids is 1. The first kappa shape index (κ1) is 21.5. The summed E-state index contributed by atoms with van der Waals surface area (Å²) in [6, 6.07) is 20.6. The lowest BCUT2D eigenvalue weighted by atomic mass is 10.00. The van der Waals surface area contributed by atoms with Crippen LogP contribution >= 0.6 is 0 Å². The summed E-state index contributed by atoms with van der Waals surface area (Å²) in [5.74, 6) is 0.441. The number of sulfonamides is 1. The number of aryl methyl sites for hydroxylation is 1. The van der Waals surface area contributed by atoms with Crippen molar-refractivity contribution in [1.29, 1.82) is 0 Å². The summed E-state index contributed by atoms with van der Waals surface area (Å²) in [5.41, 5.74) is 4.92. The number of hydrogen-bond donors (Lipinski definition) is 0. The Bertz CT molecular complexity index is 1320. The summed E-state index contributed by atoms with van der Waals surface area (Å²) in [5, 5.41) is 0. The first-order valence-corrected chi connectivity index (χ1v) is 12.6. The molecule has 33 heavy (non-hydrogen) atoms. The molecule has 0 fully saturated rings. The molecule has 1 amide bonds. The Hall–Kier alpha value is -3.32. The van der Waals surface area contributed by atoms with Gasteiger partial charge in [-0.1, -0.05) is 42.5 Å². The van der Waals surface area contributed by atoms with E-state index in [2.05, 4.69) is 12.1 Å². The van der Waals surface area contributed by atoms with E-state index < -0.39 is 10.0 Å². The molecule has 2 heterocycles. The Labute approximate surface area is 194 Å². The lowest BCUT2D eigenvalue weighted by Gasteiger charge is -2.29. The van der Waals surface area contributed by atoms with Crippen LogP contribution in [-0.2, 0) is 34.2 Å². The number of nitrogens with zero attached hydrogens (tertiary/aromatic N) is 2. The van der Waals surface area contributed by atoms with Gasteiger partial charge in [-0.25, -0.2) is 8.42 Å². The molecule has 6 nitrogen and oxygen atoms in total. The number of para-hydroxylation sites is 1. The third kappa shape index (κ3) is 4.09. The van der Waals surface area contributed by atoms with Crippen LogP contribution in [0.2, 0.25) is 0 Å². The molecular formula is C26H26N2O4S. The van der Waals surface area contributed by atoms with Crippen molar-refractivity contribution in [2.45, 2.75) is 31.2 Å². The van der Waals surface area contributed by atoms with Gasteiger partial charge in [-0.3, -0.25) is 9.10 Å². The number of hydrogen-bond acceptors (Lipinski definition) is 4. The van der Waals surface area contributed by atoms with Crippen LogP contribution in [0.5, 0.6) is 5.75 Å². The molecule has 3 aromatic carbocycles. The molecule has 0 aromatic heterocycles. The highest BCUT2D eigenvalue weighted by Gasteiger charge is 2.31. The van der Waals surface area contributed by atoms with Crippen molar-refractivity contribution < 1.29 is 17.9 Å². The second kappa shape index (κ2) is 8.56. The van der Waals surface area contributed by atoms with Gasteiger partial charge in [0.05, 0.1) is 10.6 Å². The van der Waals surface area contributed by atoms with Gasteiger partial charge in [0.15, 0.2) is 6.61 Å². The monoisotopic (exact) mass is 462 g/mol. The normalized spacial score (nSPS) is 15.2. The van der Waals surface area contributed by atoms with E-state index in [4.69, 9.17) is 4.74 Å². The lowest BCUT2D eigenvalue weighted by Crippen LogP contribution is -2.38. The maximum Gasteiger partial charge on any atom is 0.264 e. The SMILES string of the molecule is Cc1cc(S(=O)(=O)N2CCc3ccccc32)ccc1OCC(=O)N1CCc2ccccc2C1. The highest BCUT2D eigenvalue weighted by Crippen LogP contribution is 2.33. The molecule has 3 aromatic rings. The number of amides is 1. The third-order valence-electron chi connectivity index (χ3n) is 6.41. The summed E-state index contributed by atoms with van der Waals surface area (Å²) in [4.78, 5) is 14.7. The van der Waals surface area contributed by atoms with E-state index in [1.807, 2.05) is 36.4 Å². The number of rotatable bonds is 5. The van der Waals surface area contributed by atoms with Crippen LogP contribution in [0.4, 0.5) is 5.69 Å². The van der Waals surface area contributed by atoms with Crippen molar-refractivity contribution in [1.82, 2.24) is 4.90 Å². The molecule has 0 atom stereocenters. The topological polar surface area (TPSA) is 66.9 Å². The molecule has 2 aliphatic heterocycles. The van der Waals surface area contributed by atoms with Crippen molar-refractivity contribution >= 4 is 21.6 Å². The summed E-state index contributed by atoms with van der Waals surface area (Å²) >= 11 is 0. The minimum absolute atomic E-state index is 0.0747. The molecule has 0 radical (unpaired) electrons. The van der Waals surface area contributed by atoms with Gasteiger partial charge in [-0.05, 0) is 66.3 Å². The van der Waals surface area contributed by atoms with E-state index in [9.17, 15) is 13.2 Å². The first-order chi connectivity index (χ1) is 15.9. The predicted octanol–water partition coefficient (Wildman–Crippen LogP) is 3.71. The summed E-state index contributed by atoms with van der Waals surface area (Å²) in [6.45, 7) is 3.42. The minimum atomic E-state index is -3.67. The van der Waals surface area contributed by atoms with E-state index in [0.29, 0.717) is 37.4 Å². The highest BCUT2D eigenvalue weighted by atomic mass is 32.2. The standard InChI is InChI=1S/C26H26N2O4S/c1-19-16-23(33(30,31)28-15-13-21-7-4-5-9-24(21)28)10-11-25(19)32-18-26(29)27-14-12-20-6-2-3-8-22(20)17-27/h2-11,16H,12-15,17-18H2,1H3. The Morgan fingerprint density at radius 1 is 0.909 bits per heavy atom. The van der Waals surface area contributed by atoms with Crippen LogP contribution < -0.4 is 9.04 Å². The molecule has 5 rings (SSSR count). The third-order valence-corrected chi connectivity index (χ3v) is 8.22. The number of carbonyl (C=O) groups is 1. The van der Waals surface area contributed by atoms with E-state index >= 15 is 0 Å². The van der Waals surface area contributed by atoms with Crippen LogP contribution in [0.15, 0.2) is 71.6 Å². The van der Waals surface area contributed by atoms with Gasteiger partial charge >= 0.3 is 0 Å². The highest BCUT2D eigenvalue weighted by molar-refractivity contribution is 7.92. The molecule has 170 valence electrons. The van der Waals surface area contributed by atoms with Gasteiger partial charge in [0, 0.05) is 19.6 Å². The Balaban J connectivity index is 1.27. The lowest BCUT2D eigenvalue weighted by molar-refractivity contribution is -0.134. The predicted molar refractivity (Wildman–Crippen MR) is 127 cm³/mol. The summed E-state index contributed by atoms with van der Waals surface area (Å²) in [7, 11) is -3.67. The Morgan fingerprint density at radius 2 is 1.61 bits per heavy atom. The summed E-state index contributed by atoms with van der Waals surface area (Å²) in [6.07, 6.45) is 1.55. The van der Waals surface area contributed by atoms with Gasteiger partial charge in [-0.15, -0.1) is 0 Å². The van der Waals surface area contributed by atoms with E-state index in [1.54, 1.807) is 30.0 Å². The van der Waals surface area contributed by atoms with Gasteiger partial charge in [0.25, 0.3) is 15.9 Å². The van der Waals surface area contributed by atoms with Crippen molar-refractivity contribution in [3.05, 3.63) is 89.0 Å². The van der Waals surface area contributed by atoms with Crippen molar-refractivity contribution in [3.63, 3.8) is 0 Å².